The third kappa shape index (κ3) is 3.54. The van der Waals surface area contributed by atoms with Crippen molar-refractivity contribution in [3.05, 3.63) is 63.9 Å². The van der Waals surface area contributed by atoms with Crippen molar-refractivity contribution in [1.82, 2.24) is 0 Å². The molecule has 0 heterocycles. The monoisotopic (exact) mass is 343 g/mol. The van der Waals surface area contributed by atoms with Gasteiger partial charge in [0.25, 0.3) is 0 Å². The van der Waals surface area contributed by atoms with E-state index in [-0.39, 0.29) is 17.5 Å². The van der Waals surface area contributed by atoms with E-state index in [0.29, 0.717) is 16.5 Å². The van der Waals surface area contributed by atoms with Crippen LogP contribution in [-0.4, -0.2) is 6.04 Å². The maximum absolute atomic E-state index is 13.7. The summed E-state index contributed by atoms with van der Waals surface area (Å²) >= 11 is 3.02. The Kier molecular flexibility index (Phi) is 4.70. The fourth-order valence-electron chi connectivity index (χ4n) is 1.97. The van der Waals surface area contributed by atoms with Gasteiger partial charge in [-0.3, -0.25) is 0 Å². The van der Waals surface area contributed by atoms with Gasteiger partial charge in [-0.2, -0.15) is 0 Å². The topological polar surface area (TPSA) is 12.0 Å². The van der Waals surface area contributed by atoms with E-state index in [1.54, 1.807) is 25.1 Å². The second-order valence-electron chi connectivity index (χ2n) is 4.59. The molecular formula is C15H13BrF3N. The molecule has 5 heteroatoms. The zero-order valence-corrected chi connectivity index (χ0v) is 12.3. The lowest BCUT2D eigenvalue weighted by molar-refractivity contribution is 0.577. The van der Waals surface area contributed by atoms with Crippen LogP contribution in [0.4, 0.5) is 18.9 Å². The molecule has 106 valence electrons. The molecule has 0 aromatic heterocycles. The first-order valence-electron chi connectivity index (χ1n) is 6.12. The zero-order valence-electron chi connectivity index (χ0n) is 10.8. The van der Waals surface area contributed by atoms with E-state index in [1.165, 1.54) is 18.2 Å². The molecule has 2 aromatic carbocycles. The molecule has 20 heavy (non-hydrogen) atoms. The summed E-state index contributed by atoms with van der Waals surface area (Å²) in [4.78, 5) is 0. The van der Waals surface area contributed by atoms with Crippen LogP contribution in [0.5, 0.6) is 0 Å². The second kappa shape index (κ2) is 6.31. The van der Waals surface area contributed by atoms with Crippen LogP contribution < -0.4 is 5.32 Å². The Morgan fingerprint density at radius 3 is 2.25 bits per heavy atom. The summed E-state index contributed by atoms with van der Waals surface area (Å²) in [6.07, 6.45) is 0.335. The fourth-order valence-corrected chi connectivity index (χ4v) is 2.37. The first-order valence-corrected chi connectivity index (χ1v) is 6.91. The molecule has 0 radical (unpaired) electrons. The van der Waals surface area contributed by atoms with Crippen molar-refractivity contribution in [2.45, 2.75) is 19.4 Å². The number of nitrogens with one attached hydrogen (secondary N) is 1. The van der Waals surface area contributed by atoms with Gasteiger partial charge in [0.15, 0.2) is 0 Å². The first-order chi connectivity index (χ1) is 9.47. The van der Waals surface area contributed by atoms with Crippen LogP contribution in [-0.2, 0) is 6.42 Å². The van der Waals surface area contributed by atoms with E-state index >= 15 is 0 Å². The average molecular weight is 344 g/mol. The predicted molar refractivity (Wildman–Crippen MR) is 77.2 cm³/mol. The van der Waals surface area contributed by atoms with Gasteiger partial charge in [0, 0.05) is 10.5 Å². The number of hydrogen-bond donors (Lipinski definition) is 1. The van der Waals surface area contributed by atoms with E-state index < -0.39 is 11.6 Å². The van der Waals surface area contributed by atoms with E-state index in [1.807, 2.05) is 0 Å². The maximum atomic E-state index is 13.7. The summed E-state index contributed by atoms with van der Waals surface area (Å²) in [6.45, 7) is 1.74. The Hall–Kier alpha value is -1.49. The Labute approximate surface area is 123 Å². The quantitative estimate of drug-likeness (QED) is 0.831. The molecule has 1 atom stereocenters. The van der Waals surface area contributed by atoms with Crippen LogP contribution in [0.15, 0.2) is 40.9 Å². The van der Waals surface area contributed by atoms with Crippen molar-refractivity contribution < 1.29 is 13.2 Å². The third-order valence-corrected chi connectivity index (χ3v) is 3.34. The standard InChI is InChI=1S/C15H13BrF3N/c1-9(6-10-4-2-3-5-12(10)17)20-15-13(18)7-11(16)8-14(15)19/h2-5,7-9,20H,6H2,1H3. The second-order valence-corrected chi connectivity index (χ2v) is 5.50. The average Bonchev–Trinajstić information content (AvgIpc) is 2.36. The smallest absolute Gasteiger partial charge is 0.150 e. The first kappa shape index (κ1) is 14.9. The lowest BCUT2D eigenvalue weighted by Gasteiger charge is -2.17. The van der Waals surface area contributed by atoms with E-state index in [0.717, 1.165) is 0 Å². The van der Waals surface area contributed by atoms with Crippen molar-refractivity contribution in [3.8, 4) is 0 Å². The summed E-state index contributed by atoms with van der Waals surface area (Å²) in [7, 11) is 0. The van der Waals surface area contributed by atoms with Crippen LogP contribution in [0.2, 0.25) is 0 Å². The minimum Gasteiger partial charge on any atom is -0.378 e. The molecule has 0 amide bonds. The lowest BCUT2D eigenvalue weighted by Crippen LogP contribution is -2.20. The summed E-state index contributed by atoms with van der Waals surface area (Å²) < 4.78 is 41.2. The van der Waals surface area contributed by atoms with Gasteiger partial charge < -0.3 is 5.32 Å². The van der Waals surface area contributed by atoms with Gasteiger partial charge in [-0.05, 0) is 37.1 Å². The lowest BCUT2D eigenvalue weighted by atomic mass is 10.1. The van der Waals surface area contributed by atoms with E-state index in [4.69, 9.17) is 0 Å². The van der Waals surface area contributed by atoms with Crippen LogP contribution >= 0.6 is 15.9 Å². The highest BCUT2D eigenvalue weighted by molar-refractivity contribution is 9.10. The van der Waals surface area contributed by atoms with Crippen molar-refractivity contribution >= 4 is 21.6 Å². The third-order valence-electron chi connectivity index (χ3n) is 2.88. The number of hydrogen-bond acceptors (Lipinski definition) is 1. The van der Waals surface area contributed by atoms with E-state index in [9.17, 15) is 13.2 Å². The highest BCUT2D eigenvalue weighted by Gasteiger charge is 2.14. The molecule has 1 nitrogen and oxygen atoms in total. The number of rotatable bonds is 4. The largest absolute Gasteiger partial charge is 0.378 e. The van der Waals surface area contributed by atoms with Gasteiger partial charge in [0.2, 0.25) is 0 Å². The minimum atomic E-state index is -0.683. The molecule has 0 saturated heterocycles. The Morgan fingerprint density at radius 1 is 1.05 bits per heavy atom. The summed E-state index contributed by atoms with van der Waals surface area (Å²) in [5.74, 6) is -1.69. The highest BCUT2D eigenvalue weighted by atomic mass is 79.9. The number of halogens is 4. The molecule has 0 bridgehead atoms. The molecule has 0 fully saturated rings. The Bertz CT molecular complexity index is 593. The fraction of sp³-hybridized carbons (Fsp3) is 0.200. The zero-order chi connectivity index (χ0) is 14.7. The number of benzene rings is 2. The molecule has 1 N–H and O–H groups in total. The predicted octanol–water partition coefficient (Wildman–Crippen LogP) is 4.91. The van der Waals surface area contributed by atoms with Gasteiger partial charge in [-0.25, -0.2) is 13.2 Å². The van der Waals surface area contributed by atoms with Crippen molar-refractivity contribution in [1.29, 1.82) is 0 Å². The van der Waals surface area contributed by atoms with Crippen molar-refractivity contribution in [2.24, 2.45) is 0 Å². The van der Waals surface area contributed by atoms with Crippen LogP contribution in [0.25, 0.3) is 0 Å². The molecule has 0 aliphatic rings. The van der Waals surface area contributed by atoms with Gasteiger partial charge >= 0.3 is 0 Å². The normalized spacial score (nSPS) is 12.2. The molecule has 0 saturated carbocycles. The van der Waals surface area contributed by atoms with Gasteiger partial charge in [-0.1, -0.05) is 34.1 Å². The Morgan fingerprint density at radius 2 is 1.65 bits per heavy atom. The summed E-state index contributed by atoms with van der Waals surface area (Å²) in [5, 5.41) is 2.74. The molecule has 0 spiro atoms. The molecule has 0 aliphatic carbocycles. The highest BCUT2D eigenvalue weighted by Crippen LogP contribution is 2.25. The van der Waals surface area contributed by atoms with Gasteiger partial charge in [0.05, 0.1) is 0 Å². The van der Waals surface area contributed by atoms with Crippen LogP contribution in [0.3, 0.4) is 0 Å². The number of anilines is 1. The van der Waals surface area contributed by atoms with Gasteiger partial charge in [0.1, 0.15) is 23.1 Å². The molecule has 0 aliphatic heterocycles. The molecule has 1 unspecified atom stereocenters. The maximum Gasteiger partial charge on any atom is 0.150 e. The van der Waals surface area contributed by atoms with Crippen molar-refractivity contribution in [3.63, 3.8) is 0 Å². The molecule has 2 rings (SSSR count). The Balaban J connectivity index is 2.13. The summed E-state index contributed by atoms with van der Waals surface area (Å²) in [5.41, 5.74) is 0.308. The minimum absolute atomic E-state index is 0.197. The van der Waals surface area contributed by atoms with Gasteiger partial charge in [-0.15, -0.1) is 0 Å². The van der Waals surface area contributed by atoms with E-state index in [2.05, 4.69) is 21.2 Å². The van der Waals surface area contributed by atoms with Crippen LogP contribution in [0.1, 0.15) is 12.5 Å². The van der Waals surface area contributed by atoms with Crippen LogP contribution in [0, 0.1) is 17.5 Å². The summed E-state index contributed by atoms with van der Waals surface area (Å²) in [6, 6.07) is 8.40. The van der Waals surface area contributed by atoms with Crippen molar-refractivity contribution in [2.75, 3.05) is 5.32 Å². The SMILES string of the molecule is CC(Cc1ccccc1F)Nc1c(F)cc(Br)cc1F. The molecule has 2 aromatic rings. The molecular weight excluding hydrogens is 331 g/mol.